The van der Waals surface area contributed by atoms with Crippen LogP contribution in [0.4, 0.5) is 8.78 Å². The Labute approximate surface area is 103 Å². The van der Waals surface area contributed by atoms with Gasteiger partial charge in [-0.25, -0.2) is 13.8 Å². The maximum absolute atomic E-state index is 13.1. The maximum atomic E-state index is 13.1. The van der Waals surface area contributed by atoms with Gasteiger partial charge < -0.3 is 4.57 Å². The van der Waals surface area contributed by atoms with E-state index in [1.54, 1.807) is 6.33 Å². The van der Waals surface area contributed by atoms with Crippen LogP contribution < -0.4 is 0 Å². The normalized spacial score (nSPS) is 24.4. The van der Waals surface area contributed by atoms with Gasteiger partial charge in [0.2, 0.25) is 5.92 Å². The minimum absolute atomic E-state index is 0.0103. The summed E-state index contributed by atoms with van der Waals surface area (Å²) < 4.78 is 28.2. The SMILES string of the molecule is FC1(F)CC(C2c3ccccc3-c3cncn32)C1. The van der Waals surface area contributed by atoms with Gasteiger partial charge in [0.15, 0.2) is 0 Å². The molecular formula is C14H12F2N2. The van der Waals surface area contributed by atoms with Crippen molar-refractivity contribution in [2.24, 2.45) is 5.92 Å². The molecule has 1 aromatic heterocycles. The Kier molecular flexibility index (Phi) is 1.81. The van der Waals surface area contributed by atoms with Gasteiger partial charge in [-0.05, 0) is 11.5 Å². The van der Waals surface area contributed by atoms with Gasteiger partial charge in [0.25, 0.3) is 0 Å². The van der Waals surface area contributed by atoms with Crippen LogP contribution in [0.25, 0.3) is 11.3 Å². The molecule has 92 valence electrons. The summed E-state index contributed by atoms with van der Waals surface area (Å²) >= 11 is 0. The largest absolute Gasteiger partial charge is 0.323 e. The first-order valence-electron chi connectivity index (χ1n) is 6.15. The number of aromatic nitrogens is 2. The highest BCUT2D eigenvalue weighted by atomic mass is 19.3. The number of rotatable bonds is 1. The summed E-state index contributed by atoms with van der Waals surface area (Å²) in [5.41, 5.74) is 3.34. The second kappa shape index (κ2) is 3.19. The van der Waals surface area contributed by atoms with Gasteiger partial charge in [0.1, 0.15) is 0 Å². The van der Waals surface area contributed by atoms with E-state index in [1.165, 1.54) is 0 Å². The average molecular weight is 246 g/mol. The standard InChI is InChI=1S/C14H12F2N2/c15-14(16)5-9(6-14)13-11-4-2-1-3-10(11)12-7-17-8-18(12)13/h1-4,7-9,13H,5-6H2. The van der Waals surface area contributed by atoms with Crippen LogP contribution in [0.2, 0.25) is 0 Å². The summed E-state index contributed by atoms with van der Waals surface area (Å²) in [6.45, 7) is 0. The van der Waals surface area contributed by atoms with Gasteiger partial charge in [0.05, 0.1) is 24.3 Å². The van der Waals surface area contributed by atoms with Crippen LogP contribution in [0.3, 0.4) is 0 Å². The summed E-state index contributed by atoms with van der Waals surface area (Å²) in [4.78, 5) is 4.15. The first-order valence-corrected chi connectivity index (χ1v) is 6.15. The van der Waals surface area contributed by atoms with Crippen molar-refractivity contribution in [3.8, 4) is 11.3 Å². The molecular weight excluding hydrogens is 234 g/mol. The van der Waals surface area contributed by atoms with Crippen LogP contribution in [0.15, 0.2) is 36.8 Å². The molecule has 0 N–H and O–H groups in total. The van der Waals surface area contributed by atoms with Crippen molar-refractivity contribution in [2.75, 3.05) is 0 Å². The highest BCUT2D eigenvalue weighted by Gasteiger charge is 2.51. The molecule has 4 heteroatoms. The minimum Gasteiger partial charge on any atom is -0.323 e. The van der Waals surface area contributed by atoms with E-state index in [4.69, 9.17) is 0 Å². The van der Waals surface area contributed by atoms with Crippen LogP contribution in [0, 0.1) is 5.92 Å². The lowest BCUT2D eigenvalue weighted by Crippen LogP contribution is -2.40. The second-order valence-corrected chi connectivity index (χ2v) is 5.24. The number of nitrogens with zero attached hydrogens (tertiary/aromatic N) is 2. The molecule has 0 amide bonds. The first kappa shape index (κ1) is 10.2. The number of fused-ring (bicyclic) bond motifs is 3. The van der Waals surface area contributed by atoms with E-state index in [-0.39, 0.29) is 24.8 Å². The van der Waals surface area contributed by atoms with E-state index < -0.39 is 5.92 Å². The molecule has 1 atom stereocenters. The maximum Gasteiger partial charge on any atom is 0.248 e. The number of hydrogen-bond acceptors (Lipinski definition) is 1. The smallest absolute Gasteiger partial charge is 0.248 e. The molecule has 2 heterocycles. The van der Waals surface area contributed by atoms with E-state index in [1.807, 2.05) is 35.0 Å². The van der Waals surface area contributed by atoms with Crippen molar-refractivity contribution < 1.29 is 8.78 Å². The quantitative estimate of drug-likeness (QED) is 0.753. The molecule has 1 aliphatic carbocycles. The Balaban J connectivity index is 1.81. The molecule has 0 saturated heterocycles. The lowest BCUT2D eigenvalue weighted by atomic mass is 9.74. The van der Waals surface area contributed by atoms with Crippen molar-refractivity contribution in [3.63, 3.8) is 0 Å². The van der Waals surface area contributed by atoms with E-state index in [0.29, 0.717) is 0 Å². The lowest BCUT2D eigenvalue weighted by Gasteiger charge is -2.39. The Morgan fingerprint density at radius 1 is 1.22 bits per heavy atom. The minimum atomic E-state index is -2.47. The highest BCUT2D eigenvalue weighted by Crippen LogP contribution is 2.53. The molecule has 1 aromatic carbocycles. The Morgan fingerprint density at radius 2 is 2.00 bits per heavy atom. The summed E-state index contributed by atoms with van der Waals surface area (Å²) in [6, 6.07) is 8.08. The number of imidazole rings is 1. The predicted octanol–water partition coefficient (Wildman–Crippen LogP) is 3.50. The van der Waals surface area contributed by atoms with Gasteiger partial charge in [-0.15, -0.1) is 0 Å². The predicted molar refractivity (Wildman–Crippen MR) is 63.5 cm³/mol. The Hall–Kier alpha value is -1.71. The van der Waals surface area contributed by atoms with Crippen molar-refractivity contribution in [1.82, 2.24) is 9.55 Å². The Bertz CT molecular complexity index is 610. The van der Waals surface area contributed by atoms with Crippen molar-refractivity contribution in [1.29, 1.82) is 0 Å². The number of benzene rings is 1. The zero-order chi connectivity index (χ0) is 12.3. The van der Waals surface area contributed by atoms with Gasteiger partial charge >= 0.3 is 0 Å². The first-order chi connectivity index (χ1) is 8.66. The highest BCUT2D eigenvalue weighted by molar-refractivity contribution is 5.69. The van der Waals surface area contributed by atoms with Crippen molar-refractivity contribution in [3.05, 3.63) is 42.4 Å². The third kappa shape index (κ3) is 1.23. The van der Waals surface area contributed by atoms with Gasteiger partial charge in [-0.1, -0.05) is 24.3 Å². The molecule has 1 unspecified atom stereocenters. The molecule has 1 saturated carbocycles. The van der Waals surface area contributed by atoms with Crippen molar-refractivity contribution in [2.45, 2.75) is 24.8 Å². The zero-order valence-electron chi connectivity index (χ0n) is 9.68. The van der Waals surface area contributed by atoms with Gasteiger partial charge in [0, 0.05) is 18.4 Å². The molecule has 0 radical (unpaired) electrons. The molecule has 1 aliphatic heterocycles. The van der Waals surface area contributed by atoms with Crippen LogP contribution >= 0.6 is 0 Å². The number of alkyl halides is 2. The van der Waals surface area contributed by atoms with Crippen LogP contribution in [0.1, 0.15) is 24.4 Å². The zero-order valence-corrected chi connectivity index (χ0v) is 9.68. The summed E-state index contributed by atoms with van der Waals surface area (Å²) in [6.07, 6.45) is 3.55. The average Bonchev–Trinajstić information content (AvgIpc) is 2.85. The van der Waals surface area contributed by atoms with E-state index in [0.717, 1.165) is 16.8 Å². The molecule has 4 rings (SSSR count). The van der Waals surface area contributed by atoms with Gasteiger partial charge in [-0.3, -0.25) is 0 Å². The summed E-state index contributed by atoms with van der Waals surface area (Å²) in [7, 11) is 0. The monoisotopic (exact) mass is 246 g/mol. The fraction of sp³-hybridized carbons (Fsp3) is 0.357. The Morgan fingerprint density at radius 3 is 2.78 bits per heavy atom. The summed E-state index contributed by atoms with van der Waals surface area (Å²) in [5, 5.41) is 0. The molecule has 0 bridgehead atoms. The fourth-order valence-electron chi connectivity index (χ4n) is 3.28. The second-order valence-electron chi connectivity index (χ2n) is 5.24. The van der Waals surface area contributed by atoms with Crippen LogP contribution in [-0.4, -0.2) is 15.5 Å². The van der Waals surface area contributed by atoms with E-state index in [2.05, 4.69) is 4.98 Å². The summed E-state index contributed by atoms with van der Waals surface area (Å²) in [5.74, 6) is -2.44. The molecule has 1 fully saturated rings. The number of halogens is 2. The van der Waals surface area contributed by atoms with E-state index >= 15 is 0 Å². The topological polar surface area (TPSA) is 17.8 Å². The number of hydrogen-bond donors (Lipinski definition) is 0. The van der Waals surface area contributed by atoms with Crippen LogP contribution in [-0.2, 0) is 0 Å². The third-order valence-corrected chi connectivity index (χ3v) is 4.09. The van der Waals surface area contributed by atoms with Gasteiger partial charge in [-0.2, -0.15) is 0 Å². The fourth-order valence-corrected chi connectivity index (χ4v) is 3.28. The molecule has 2 aromatic rings. The van der Waals surface area contributed by atoms with Crippen molar-refractivity contribution >= 4 is 0 Å². The molecule has 18 heavy (non-hydrogen) atoms. The molecule has 0 spiro atoms. The van der Waals surface area contributed by atoms with E-state index in [9.17, 15) is 8.78 Å². The lowest BCUT2D eigenvalue weighted by molar-refractivity contribution is -0.119. The van der Waals surface area contributed by atoms with Crippen LogP contribution in [0.5, 0.6) is 0 Å². The third-order valence-electron chi connectivity index (χ3n) is 4.09. The molecule has 2 aliphatic rings. The molecule has 2 nitrogen and oxygen atoms in total.